The largest absolute Gasteiger partial charge is 0.390 e. The molecular formula is C54H104N2O11. The summed E-state index contributed by atoms with van der Waals surface area (Å²) in [5.41, 5.74) is 0. The minimum Gasteiger partial charge on any atom is -0.390 e. The molecular weight excluding hydrogens is 853 g/mol. The fraction of sp³-hybridized carbons (Fsp3) is 0.926. The molecule has 2 amide bonds. The SMILES string of the molecule is CCCCCCCC/C=C\CCCCCCCCCCCCCC(=O)N[C@@H](COC1OC(CNC(=O)CCOCCOC)C(O)C(O)C1O)[C@H](O)[C@H](O)CCCCCCCCCCCCCC. The molecule has 0 aromatic rings. The van der Waals surface area contributed by atoms with Crippen molar-refractivity contribution in [3.05, 3.63) is 12.2 Å². The quantitative estimate of drug-likeness (QED) is 0.0227. The van der Waals surface area contributed by atoms with Gasteiger partial charge < -0.3 is 55.1 Å². The number of allylic oxidation sites excluding steroid dienone is 2. The number of amides is 2. The van der Waals surface area contributed by atoms with E-state index in [1.54, 1.807) is 7.11 Å². The molecule has 13 heteroatoms. The van der Waals surface area contributed by atoms with Crippen LogP contribution in [0.5, 0.6) is 0 Å². The van der Waals surface area contributed by atoms with E-state index in [0.717, 1.165) is 44.9 Å². The average Bonchev–Trinajstić information content (AvgIpc) is 3.32. The summed E-state index contributed by atoms with van der Waals surface area (Å²) in [6.07, 6.45) is 33.1. The van der Waals surface area contributed by atoms with Gasteiger partial charge in [-0.15, -0.1) is 0 Å². The molecule has 13 nitrogen and oxygen atoms in total. The molecule has 0 aromatic carbocycles. The summed E-state index contributed by atoms with van der Waals surface area (Å²) in [5, 5.41) is 60.0. The Hall–Kier alpha value is -1.68. The van der Waals surface area contributed by atoms with E-state index >= 15 is 0 Å². The number of aliphatic hydroxyl groups is 5. The highest BCUT2D eigenvalue weighted by Crippen LogP contribution is 2.23. The molecule has 1 aliphatic heterocycles. The van der Waals surface area contributed by atoms with E-state index in [1.165, 1.54) is 148 Å². The lowest BCUT2D eigenvalue weighted by molar-refractivity contribution is -0.297. The first-order valence-electron chi connectivity index (χ1n) is 27.6. The molecule has 8 atom stereocenters. The molecule has 7 N–H and O–H groups in total. The highest BCUT2D eigenvalue weighted by atomic mass is 16.7. The van der Waals surface area contributed by atoms with Gasteiger partial charge in [0.2, 0.25) is 11.8 Å². The van der Waals surface area contributed by atoms with Crippen LogP contribution in [0.25, 0.3) is 0 Å². The van der Waals surface area contributed by atoms with Crippen LogP contribution in [0.1, 0.15) is 232 Å². The zero-order valence-corrected chi connectivity index (χ0v) is 43.0. The van der Waals surface area contributed by atoms with Crippen LogP contribution in [-0.2, 0) is 28.5 Å². The summed E-state index contributed by atoms with van der Waals surface area (Å²) in [7, 11) is 1.56. The summed E-state index contributed by atoms with van der Waals surface area (Å²) in [4.78, 5) is 25.6. The molecule has 0 bridgehead atoms. The number of hydrogen-bond acceptors (Lipinski definition) is 11. The minimum atomic E-state index is -1.65. The van der Waals surface area contributed by atoms with Crippen molar-refractivity contribution >= 4 is 11.8 Å². The fourth-order valence-corrected chi connectivity index (χ4v) is 8.69. The first kappa shape index (κ1) is 63.3. The van der Waals surface area contributed by atoms with Crippen molar-refractivity contribution in [2.75, 3.05) is 40.1 Å². The third kappa shape index (κ3) is 35.1. The van der Waals surface area contributed by atoms with Crippen LogP contribution in [-0.4, -0.2) is 126 Å². The standard InChI is InChI=1S/C54H104N2O11/c1-4-6-8-10-12-14-16-18-19-20-21-22-23-24-25-26-28-30-32-34-36-38-49(59)56-45(50(60)46(57)37-35-33-31-29-27-17-15-13-11-9-7-5-2)44-66-54-53(63)52(62)51(61)47(67-54)43-55-48(58)39-40-65-42-41-64-3/h18-19,45-47,50-54,57,60-63H,4-17,20-44H2,1-3H3,(H,55,58)(H,56,59)/b19-18-/t45-,46+,47?,50-,51?,52?,53?,54?/m0/s1. The Balaban J connectivity index is 2.52. The third-order valence-electron chi connectivity index (χ3n) is 13.2. The molecule has 1 saturated heterocycles. The number of carbonyl (C=O) groups is 2. The van der Waals surface area contributed by atoms with Crippen LogP contribution in [0.4, 0.5) is 0 Å². The average molecular weight is 957 g/mol. The lowest BCUT2D eigenvalue weighted by Gasteiger charge is -2.41. The van der Waals surface area contributed by atoms with Gasteiger partial charge in [-0.25, -0.2) is 0 Å². The van der Waals surface area contributed by atoms with Crippen LogP contribution < -0.4 is 10.6 Å². The van der Waals surface area contributed by atoms with Gasteiger partial charge in [0.25, 0.3) is 0 Å². The van der Waals surface area contributed by atoms with Crippen LogP contribution in [0.2, 0.25) is 0 Å². The predicted octanol–water partition coefficient (Wildman–Crippen LogP) is 9.66. The van der Waals surface area contributed by atoms with Gasteiger partial charge in [-0.1, -0.05) is 193 Å². The van der Waals surface area contributed by atoms with E-state index in [4.69, 9.17) is 18.9 Å². The van der Waals surface area contributed by atoms with Gasteiger partial charge in [0, 0.05) is 26.5 Å². The van der Waals surface area contributed by atoms with E-state index < -0.39 is 49.0 Å². The molecule has 0 aromatic heterocycles. The molecule has 0 saturated carbocycles. The maximum Gasteiger partial charge on any atom is 0.222 e. The fourth-order valence-electron chi connectivity index (χ4n) is 8.69. The summed E-state index contributed by atoms with van der Waals surface area (Å²) in [5.74, 6) is -0.626. The molecule has 1 heterocycles. The number of carbonyl (C=O) groups excluding carboxylic acids is 2. The lowest BCUT2D eigenvalue weighted by Crippen LogP contribution is -2.61. The molecule has 1 aliphatic rings. The molecule has 67 heavy (non-hydrogen) atoms. The number of unbranched alkanes of at least 4 members (excludes halogenated alkanes) is 28. The Kier molecular flexibility index (Phi) is 43.0. The summed E-state index contributed by atoms with van der Waals surface area (Å²) in [6, 6.07) is -1.03. The third-order valence-corrected chi connectivity index (χ3v) is 13.2. The zero-order valence-electron chi connectivity index (χ0n) is 43.0. The highest BCUT2D eigenvalue weighted by Gasteiger charge is 2.45. The van der Waals surface area contributed by atoms with Crippen LogP contribution in [0.15, 0.2) is 12.2 Å². The Morgan fingerprint density at radius 1 is 0.567 bits per heavy atom. The van der Waals surface area contributed by atoms with Crippen LogP contribution in [0, 0.1) is 0 Å². The molecule has 1 rings (SSSR count). The normalized spacial score (nSPS) is 20.0. The predicted molar refractivity (Wildman–Crippen MR) is 270 cm³/mol. The number of hydrogen-bond donors (Lipinski definition) is 7. The summed E-state index contributed by atoms with van der Waals surface area (Å²) in [6.45, 7) is 4.93. The topological polar surface area (TPSA) is 196 Å². The van der Waals surface area contributed by atoms with Gasteiger partial charge in [-0.05, 0) is 38.5 Å². The van der Waals surface area contributed by atoms with Crippen molar-refractivity contribution in [2.24, 2.45) is 0 Å². The van der Waals surface area contributed by atoms with E-state index in [2.05, 4.69) is 36.6 Å². The van der Waals surface area contributed by atoms with Crippen molar-refractivity contribution in [3.8, 4) is 0 Å². The second-order valence-electron chi connectivity index (χ2n) is 19.4. The van der Waals surface area contributed by atoms with Crippen molar-refractivity contribution in [3.63, 3.8) is 0 Å². The smallest absolute Gasteiger partial charge is 0.222 e. The second kappa shape index (κ2) is 45.5. The summed E-state index contributed by atoms with van der Waals surface area (Å²) >= 11 is 0. The summed E-state index contributed by atoms with van der Waals surface area (Å²) < 4.78 is 21.9. The molecule has 5 unspecified atom stereocenters. The van der Waals surface area contributed by atoms with E-state index in [0.29, 0.717) is 26.1 Å². The van der Waals surface area contributed by atoms with Crippen molar-refractivity contribution < 1.29 is 54.1 Å². The van der Waals surface area contributed by atoms with E-state index in [-0.39, 0.29) is 44.4 Å². The van der Waals surface area contributed by atoms with E-state index in [1.807, 2.05) is 0 Å². The van der Waals surface area contributed by atoms with Gasteiger partial charge in [0.1, 0.15) is 30.5 Å². The Morgan fingerprint density at radius 3 is 1.55 bits per heavy atom. The monoisotopic (exact) mass is 957 g/mol. The van der Waals surface area contributed by atoms with Crippen molar-refractivity contribution in [1.29, 1.82) is 0 Å². The number of methoxy groups -OCH3 is 1. The molecule has 0 aliphatic carbocycles. The van der Waals surface area contributed by atoms with Gasteiger partial charge in [0.15, 0.2) is 6.29 Å². The number of nitrogens with one attached hydrogen (secondary N) is 2. The molecule has 396 valence electrons. The Bertz CT molecular complexity index is 1150. The van der Waals surface area contributed by atoms with Crippen LogP contribution >= 0.6 is 0 Å². The minimum absolute atomic E-state index is 0.0661. The van der Waals surface area contributed by atoms with Crippen molar-refractivity contribution in [1.82, 2.24) is 10.6 Å². The zero-order chi connectivity index (χ0) is 49.0. The Morgan fingerprint density at radius 2 is 1.04 bits per heavy atom. The first-order chi connectivity index (χ1) is 32.7. The van der Waals surface area contributed by atoms with Crippen LogP contribution in [0.3, 0.4) is 0 Å². The highest BCUT2D eigenvalue weighted by molar-refractivity contribution is 5.76. The second-order valence-corrected chi connectivity index (χ2v) is 19.4. The number of aliphatic hydroxyl groups excluding tert-OH is 5. The molecule has 0 radical (unpaired) electrons. The lowest BCUT2D eigenvalue weighted by atomic mass is 9.98. The maximum absolute atomic E-state index is 13.2. The Labute approximate surface area is 408 Å². The molecule has 1 fully saturated rings. The molecule has 0 spiro atoms. The van der Waals surface area contributed by atoms with Gasteiger partial charge >= 0.3 is 0 Å². The maximum atomic E-state index is 13.2. The van der Waals surface area contributed by atoms with Gasteiger partial charge in [-0.2, -0.15) is 0 Å². The van der Waals surface area contributed by atoms with Gasteiger partial charge in [-0.3, -0.25) is 9.59 Å². The van der Waals surface area contributed by atoms with Crippen molar-refractivity contribution in [2.45, 2.75) is 281 Å². The van der Waals surface area contributed by atoms with E-state index in [9.17, 15) is 35.1 Å². The van der Waals surface area contributed by atoms with Gasteiger partial charge in [0.05, 0.1) is 38.6 Å². The number of ether oxygens (including phenoxy) is 4. The first-order valence-corrected chi connectivity index (χ1v) is 27.6. The number of rotatable bonds is 48.